The summed E-state index contributed by atoms with van der Waals surface area (Å²) in [6.45, 7) is 0. The highest BCUT2D eigenvalue weighted by atomic mass is 79.9. The van der Waals surface area contributed by atoms with Gasteiger partial charge in [0.05, 0.1) is 0 Å². The van der Waals surface area contributed by atoms with E-state index < -0.39 is 0 Å². The molecule has 0 fully saturated rings. The molecule has 0 amide bonds. The van der Waals surface area contributed by atoms with Crippen molar-refractivity contribution in [2.45, 2.75) is 5.16 Å². The third-order valence-corrected chi connectivity index (χ3v) is 2.73. The van der Waals surface area contributed by atoms with E-state index in [2.05, 4.69) is 31.0 Å². The van der Waals surface area contributed by atoms with Crippen LogP contribution in [0, 0.1) is 0 Å². The maximum atomic E-state index is 5.71. The van der Waals surface area contributed by atoms with E-state index in [1.54, 1.807) is 6.20 Å². The molecule has 0 aliphatic rings. The van der Waals surface area contributed by atoms with Crippen molar-refractivity contribution in [1.82, 2.24) is 19.7 Å². The summed E-state index contributed by atoms with van der Waals surface area (Å²) < 4.78 is 2.42. The third kappa shape index (κ3) is 2.13. The molecule has 0 spiro atoms. The topological polar surface area (TPSA) is 69.6 Å². The van der Waals surface area contributed by atoms with Crippen LogP contribution in [0.5, 0.6) is 0 Å². The molecule has 5 nitrogen and oxygen atoms in total. The number of nitrogens with zero attached hydrogens (tertiary/aromatic N) is 4. The third-order valence-electron chi connectivity index (χ3n) is 1.72. The van der Waals surface area contributed by atoms with Crippen LogP contribution in [0.15, 0.2) is 28.0 Å². The lowest BCUT2D eigenvalue weighted by Gasteiger charge is -2.00. The van der Waals surface area contributed by atoms with Crippen molar-refractivity contribution >= 4 is 33.6 Å². The van der Waals surface area contributed by atoms with Crippen LogP contribution in [0.4, 0.5) is 5.95 Å². The lowest BCUT2D eigenvalue weighted by Crippen LogP contribution is -2.04. The molecule has 2 aromatic heterocycles. The quantitative estimate of drug-likeness (QED) is 0.851. The van der Waals surface area contributed by atoms with Crippen LogP contribution < -0.4 is 5.73 Å². The van der Waals surface area contributed by atoms with Crippen LogP contribution in [0.1, 0.15) is 0 Å². The first kappa shape index (κ1) is 10.4. The van der Waals surface area contributed by atoms with Gasteiger partial charge >= 0.3 is 0 Å². The van der Waals surface area contributed by atoms with E-state index in [9.17, 15) is 0 Å². The fourth-order valence-electron chi connectivity index (χ4n) is 1.05. The molecule has 7 heteroatoms. The van der Waals surface area contributed by atoms with Crippen molar-refractivity contribution in [1.29, 1.82) is 0 Å². The standard InChI is InChI=1S/C8H8BrN5S/c1-15-8-12-7(10)14(13-8)6-3-2-5(9)4-11-6/h2-4H,1H3,(H2,10,12,13). The molecule has 0 bridgehead atoms. The minimum Gasteiger partial charge on any atom is -0.368 e. The minimum absolute atomic E-state index is 0.342. The summed E-state index contributed by atoms with van der Waals surface area (Å²) in [6, 6.07) is 3.70. The fourth-order valence-corrected chi connectivity index (χ4v) is 1.64. The zero-order valence-electron chi connectivity index (χ0n) is 7.88. The summed E-state index contributed by atoms with van der Waals surface area (Å²) >= 11 is 4.75. The monoisotopic (exact) mass is 285 g/mol. The van der Waals surface area contributed by atoms with Crippen molar-refractivity contribution in [2.75, 3.05) is 12.0 Å². The molecule has 2 N–H and O–H groups in total. The molecule has 0 aliphatic carbocycles. The second kappa shape index (κ2) is 4.19. The van der Waals surface area contributed by atoms with Crippen molar-refractivity contribution in [3.8, 4) is 5.82 Å². The smallest absolute Gasteiger partial charge is 0.225 e. The van der Waals surface area contributed by atoms with Gasteiger partial charge in [-0.25, -0.2) is 4.98 Å². The minimum atomic E-state index is 0.342. The van der Waals surface area contributed by atoms with Crippen LogP contribution in [-0.4, -0.2) is 26.0 Å². The Morgan fingerprint density at radius 1 is 1.47 bits per heavy atom. The Balaban J connectivity index is 2.44. The molecular formula is C8H8BrN5S. The summed E-state index contributed by atoms with van der Waals surface area (Å²) in [4.78, 5) is 8.25. The highest BCUT2D eigenvalue weighted by molar-refractivity contribution is 9.10. The second-order valence-corrected chi connectivity index (χ2v) is 4.39. The molecule has 0 atom stereocenters. The zero-order chi connectivity index (χ0) is 10.8. The van der Waals surface area contributed by atoms with Crippen LogP contribution in [0.2, 0.25) is 0 Å². The Labute approximate surface area is 99.2 Å². The average molecular weight is 286 g/mol. The van der Waals surface area contributed by atoms with Gasteiger partial charge in [0.2, 0.25) is 11.1 Å². The van der Waals surface area contributed by atoms with E-state index in [-0.39, 0.29) is 0 Å². The largest absolute Gasteiger partial charge is 0.368 e. The van der Waals surface area contributed by atoms with Gasteiger partial charge in [-0.3, -0.25) is 0 Å². The Hall–Kier alpha value is -1.08. The van der Waals surface area contributed by atoms with E-state index in [0.717, 1.165) is 4.47 Å². The van der Waals surface area contributed by atoms with Gasteiger partial charge in [-0.15, -0.1) is 5.10 Å². The van der Waals surface area contributed by atoms with Crippen molar-refractivity contribution < 1.29 is 0 Å². The van der Waals surface area contributed by atoms with Gasteiger partial charge in [0, 0.05) is 10.7 Å². The van der Waals surface area contributed by atoms with Crippen molar-refractivity contribution in [3.05, 3.63) is 22.8 Å². The Kier molecular flexibility index (Phi) is 2.92. The number of pyridine rings is 1. The molecule has 2 aromatic rings. The summed E-state index contributed by atoms with van der Waals surface area (Å²) in [5.74, 6) is 0.998. The van der Waals surface area contributed by atoms with Crippen molar-refractivity contribution in [3.63, 3.8) is 0 Å². The number of hydrogen-bond donors (Lipinski definition) is 1. The van der Waals surface area contributed by atoms with Gasteiger partial charge < -0.3 is 5.73 Å². The second-order valence-electron chi connectivity index (χ2n) is 2.70. The van der Waals surface area contributed by atoms with Gasteiger partial charge in [0.25, 0.3) is 0 Å². The molecule has 15 heavy (non-hydrogen) atoms. The summed E-state index contributed by atoms with van der Waals surface area (Å²) in [5.41, 5.74) is 5.71. The molecular weight excluding hydrogens is 278 g/mol. The van der Waals surface area contributed by atoms with Crippen LogP contribution in [0.25, 0.3) is 5.82 Å². The summed E-state index contributed by atoms with van der Waals surface area (Å²) in [6.07, 6.45) is 3.59. The fraction of sp³-hybridized carbons (Fsp3) is 0.125. The zero-order valence-corrected chi connectivity index (χ0v) is 10.3. The summed E-state index contributed by atoms with van der Waals surface area (Å²) in [7, 11) is 0. The van der Waals surface area contributed by atoms with E-state index in [1.165, 1.54) is 16.4 Å². The van der Waals surface area contributed by atoms with Gasteiger partial charge in [0.1, 0.15) is 0 Å². The van der Waals surface area contributed by atoms with Crippen LogP contribution >= 0.6 is 27.7 Å². The SMILES string of the molecule is CSc1nc(N)n(-c2ccc(Br)cn2)n1. The molecule has 2 rings (SSSR count). The highest BCUT2D eigenvalue weighted by Crippen LogP contribution is 2.16. The van der Waals surface area contributed by atoms with Crippen LogP contribution in [-0.2, 0) is 0 Å². The van der Waals surface area contributed by atoms with E-state index >= 15 is 0 Å². The van der Waals surface area contributed by atoms with Gasteiger partial charge in [-0.1, -0.05) is 11.8 Å². The first-order valence-electron chi connectivity index (χ1n) is 4.09. The maximum absolute atomic E-state index is 5.71. The van der Waals surface area contributed by atoms with Crippen LogP contribution in [0.3, 0.4) is 0 Å². The van der Waals surface area contributed by atoms with E-state index in [0.29, 0.717) is 16.9 Å². The van der Waals surface area contributed by atoms with Gasteiger partial charge in [-0.2, -0.15) is 9.67 Å². The molecule has 78 valence electrons. The molecule has 0 unspecified atom stereocenters. The number of rotatable bonds is 2. The lowest BCUT2D eigenvalue weighted by molar-refractivity contribution is 0.816. The molecule has 2 heterocycles. The highest BCUT2D eigenvalue weighted by Gasteiger charge is 2.08. The number of nitrogens with two attached hydrogens (primary N) is 1. The number of anilines is 1. The van der Waals surface area contributed by atoms with E-state index in [1.807, 2.05) is 18.4 Å². The maximum Gasteiger partial charge on any atom is 0.225 e. The normalized spacial score (nSPS) is 10.5. The Morgan fingerprint density at radius 2 is 2.27 bits per heavy atom. The number of thioether (sulfide) groups is 1. The number of hydrogen-bond acceptors (Lipinski definition) is 5. The molecule has 0 aromatic carbocycles. The average Bonchev–Trinajstić information content (AvgIpc) is 2.61. The predicted octanol–water partition coefficient (Wildman–Crippen LogP) is 1.73. The number of nitrogen functional groups attached to an aromatic ring is 1. The molecule has 0 aliphatic heterocycles. The number of halogens is 1. The summed E-state index contributed by atoms with van der Waals surface area (Å²) in [5, 5.41) is 4.83. The Bertz CT molecular complexity index is 466. The molecule has 0 saturated heterocycles. The van der Waals surface area contributed by atoms with Gasteiger partial charge in [0.15, 0.2) is 5.82 Å². The predicted molar refractivity (Wildman–Crippen MR) is 63.0 cm³/mol. The lowest BCUT2D eigenvalue weighted by atomic mass is 10.5. The van der Waals surface area contributed by atoms with E-state index in [4.69, 9.17) is 5.73 Å². The Morgan fingerprint density at radius 3 is 2.80 bits per heavy atom. The number of aromatic nitrogens is 4. The van der Waals surface area contributed by atoms with Gasteiger partial charge in [-0.05, 0) is 34.3 Å². The van der Waals surface area contributed by atoms with Crippen molar-refractivity contribution in [2.24, 2.45) is 0 Å². The first-order chi connectivity index (χ1) is 7.20. The molecule has 0 radical (unpaired) electrons. The molecule has 0 saturated carbocycles. The first-order valence-corrected chi connectivity index (χ1v) is 6.11.